The zero-order valence-electron chi connectivity index (χ0n) is 14.3. The van der Waals surface area contributed by atoms with Crippen LogP contribution in [0.3, 0.4) is 0 Å². The molecule has 0 N–H and O–H groups in total. The van der Waals surface area contributed by atoms with Gasteiger partial charge in [-0.15, -0.1) is 22.7 Å². The summed E-state index contributed by atoms with van der Waals surface area (Å²) in [6.07, 6.45) is 4.75. The summed E-state index contributed by atoms with van der Waals surface area (Å²) in [7, 11) is 0. The van der Waals surface area contributed by atoms with Crippen LogP contribution in [0.5, 0.6) is 0 Å². The van der Waals surface area contributed by atoms with Crippen LogP contribution in [-0.4, -0.2) is 0 Å². The molecule has 7 rings (SSSR count). The Hall–Kier alpha value is -2.16. The molecule has 3 aliphatic rings. The van der Waals surface area contributed by atoms with Crippen molar-refractivity contribution in [2.24, 2.45) is 0 Å². The first kappa shape index (κ1) is 14.0. The minimum atomic E-state index is 1.15. The number of thiophene rings is 2. The lowest BCUT2D eigenvalue weighted by molar-refractivity contribution is 1.03. The summed E-state index contributed by atoms with van der Waals surface area (Å²) >= 11 is 4.03. The van der Waals surface area contributed by atoms with Gasteiger partial charge in [0, 0.05) is 32.0 Å². The third-order valence-corrected chi connectivity index (χ3v) is 8.92. The third-order valence-electron chi connectivity index (χ3n) is 6.37. The molecule has 0 radical (unpaired) electrons. The highest BCUT2D eigenvalue weighted by atomic mass is 32.1. The lowest BCUT2D eigenvalue weighted by Gasteiger charge is -2.18. The van der Waals surface area contributed by atoms with Crippen molar-refractivity contribution in [1.29, 1.82) is 0 Å². The lowest BCUT2D eigenvalue weighted by atomic mass is 9.88. The van der Waals surface area contributed by atoms with Crippen molar-refractivity contribution in [3.8, 4) is 0 Å². The Balaban J connectivity index is 1.42. The minimum absolute atomic E-state index is 1.15. The molecule has 2 heterocycles. The Morgan fingerprint density at radius 1 is 0.538 bits per heavy atom. The van der Waals surface area contributed by atoms with Crippen LogP contribution in [0.25, 0.3) is 31.3 Å². The van der Waals surface area contributed by atoms with Crippen LogP contribution in [-0.2, 0) is 12.8 Å². The molecule has 2 aromatic heterocycles. The molecule has 0 spiro atoms. The highest BCUT2D eigenvalue weighted by Crippen LogP contribution is 2.56. The molecule has 26 heavy (non-hydrogen) atoms. The Kier molecular flexibility index (Phi) is 2.56. The van der Waals surface area contributed by atoms with E-state index in [2.05, 4.69) is 48.5 Å². The molecule has 3 aliphatic carbocycles. The van der Waals surface area contributed by atoms with Gasteiger partial charge in [0.2, 0.25) is 0 Å². The number of allylic oxidation sites excluding steroid dienone is 4. The molecule has 0 bridgehead atoms. The van der Waals surface area contributed by atoms with Crippen molar-refractivity contribution < 1.29 is 0 Å². The van der Waals surface area contributed by atoms with Gasteiger partial charge in [-0.2, -0.15) is 0 Å². The third kappa shape index (κ3) is 1.61. The van der Waals surface area contributed by atoms with Crippen molar-refractivity contribution in [2.45, 2.75) is 25.7 Å². The normalized spacial score (nSPS) is 17.8. The monoisotopic (exact) mass is 368 g/mol. The number of rotatable bonds is 0. The second kappa shape index (κ2) is 4.76. The fourth-order valence-electron chi connectivity index (χ4n) is 5.23. The number of benzene rings is 2. The predicted molar refractivity (Wildman–Crippen MR) is 114 cm³/mol. The SMILES string of the molecule is c1ccc2c3c(sc2c1)C1=C(C3)C2=C(CC1)c1sc3ccccc3c1C2. The van der Waals surface area contributed by atoms with Crippen molar-refractivity contribution in [2.75, 3.05) is 0 Å². The largest absolute Gasteiger partial charge is 0.135 e. The fraction of sp³-hybridized carbons (Fsp3) is 0.167. The summed E-state index contributed by atoms with van der Waals surface area (Å²) in [5.74, 6) is 0. The fourth-order valence-corrected chi connectivity index (χ4v) is 7.88. The van der Waals surface area contributed by atoms with E-state index in [-0.39, 0.29) is 0 Å². The van der Waals surface area contributed by atoms with Crippen LogP contribution in [0.15, 0.2) is 59.7 Å². The van der Waals surface area contributed by atoms with E-state index in [1.165, 1.54) is 33.0 Å². The van der Waals surface area contributed by atoms with E-state index in [1.807, 2.05) is 22.7 Å². The first-order valence-corrected chi connectivity index (χ1v) is 11.0. The number of hydrogen-bond donors (Lipinski definition) is 0. The molecule has 0 nitrogen and oxygen atoms in total. The van der Waals surface area contributed by atoms with Gasteiger partial charge < -0.3 is 0 Å². The van der Waals surface area contributed by atoms with Gasteiger partial charge in [-0.25, -0.2) is 0 Å². The number of fused-ring (bicyclic) bond motifs is 9. The molecule has 4 aromatic rings. The average Bonchev–Trinajstić information content (AvgIpc) is 3.38. The maximum atomic E-state index is 2.32. The van der Waals surface area contributed by atoms with Gasteiger partial charge >= 0.3 is 0 Å². The summed E-state index contributed by atoms with van der Waals surface area (Å²) in [5.41, 5.74) is 9.88. The van der Waals surface area contributed by atoms with Gasteiger partial charge in [-0.3, -0.25) is 0 Å². The molecule has 0 saturated heterocycles. The second-order valence-electron chi connectivity index (χ2n) is 7.58. The molecule has 0 saturated carbocycles. The van der Waals surface area contributed by atoms with Gasteiger partial charge in [-0.05, 0) is 69.2 Å². The van der Waals surface area contributed by atoms with Crippen LogP contribution in [0.1, 0.15) is 33.7 Å². The molecule has 124 valence electrons. The Morgan fingerprint density at radius 3 is 1.50 bits per heavy atom. The summed E-state index contributed by atoms with van der Waals surface area (Å²) < 4.78 is 2.92. The summed E-state index contributed by atoms with van der Waals surface area (Å²) in [6.45, 7) is 0. The summed E-state index contributed by atoms with van der Waals surface area (Å²) in [4.78, 5) is 3.18. The van der Waals surface area contributed by atoms with E-state index in [0.717, 1.165) is 12.8 Å². The highest BCUT2D eigenvalue weighted by molar-refractivity contribution is 7.20. The lowest BCUT2D eigenvalue weighted by Crippen LogP contribution is -2.00. The minimum Gasteiger partial charge on any atom is -0.135 e. The average molecular weight is 369 g/mol. The van der Waals surface area contributed by atoms with Gasteiger partial charge in [0.1, 0.15) is 0 Å². The molecule has 2 aromatic carbocycles. The van der Waals surface area contributed by atoms with Crippen LogP contribution in [0.4, 0.5) is 0 Å². The quantitative estimate of drug-likeness (QED) is 0.307. The predicted octanol–water partition coefficient (Wildman–Crippen LogP) is 7.23. The van der Waals surface area contributed by atoms with Crippen molar-refractivity contribution in [1.82, 2.24) is 0 Å². The van der Waals surface area contributed by atoms with E-state index in [9.17, 15) is 0 Å². The van der Waals surface area contributed by atoms with Crippen LogP contribution < -0.4 is 0 Å². The van der Waals surface area contributed by atoms with Crippen molar-refractivity contribution >= 4 is 54.0 Å². The van der Waals surface area contributed by atoms with Crippen LogP contribution >= 0.6 is 22.7 Å². The maximum Gasteiger partial charge on any atom is 0.0353 e. The van der Waals surface area contributed by atoms with E-state index >= 15 is 0 Å². The topological polar surface area (TPSA) is 0 Å². The van der Waals surface area contributed by atoms with E-state index in [1.54, 1.807) is 43.2 Å². The Bertz CT molecular complexity index is 1220. The molecular formula is C24H16S2. The first-order chi connectivity index (χ1) is 12.9. The molecule has 0 atom stereocenters. The zero-order valence-corrected chi connectivity index (χ0v) is 15.9. The zero-order chi connectivity index (χ0) is 16.8. The molecule has 0 amide bonds. The van der Waals surface area contributed by atoms with Gasteiger partial charge in [0.25, 0.3) is 0 Å². The molecule has 0 unspecified atom stereocenters. The Labute approximate surface area is 160 Å². The van der Waals surface area contributed by atoms with Gasteiger partial charge in [0.05, 0.1) is 0 Å². The van der Waals surface area contributed by atoms with E-state index < -0.39 is 0 Å². The Morgan fingerprint density at radius 2 is 1.00 bits per heavy atom. The smallest absolute Gasteiger partial charge is 0.0353 e. The first-order valence-electron chi connectivity index (χ1n) is 9.34. The van der Waals surface area contributed by atoms with E-state index in [0.29, 0.717) is 0 Å². The van der Waals surface area contributed by atoms with Crippen LogP contribution in [0.2, 0.25) is 0 Å². The summed E-state index contributed by atoms with van der Waals surface area (Å²) in [5, 5.41) is 2.98. The van der Waals surface area contributed by atoms with Crippen LogP contribution in [0, 0.1) is 0 Å². The summed E-state index contributed by atoms with van der Waals surface area (Å²) in [6, 6.07) is 17.9. The molecule has 0 aliphatic heterocycles. The second-order valence-corrected chi connectivity index (χ2v) is 9.68. The van der Waals surface area contributed by atoms with Crippen molar-refractivity contribution in [3.05, 3.63) is 80.6 Å². The molecule has 2 heteroatoms. The molecule has 0 fully saturated rings. The van der Waals surface area contributed by atoms with Gasteiger partial charge in [-0.1, -0.05) is 36.4 Å². The van der Waals surface area contributed by atoms with Crippen molar-refractivity contribution in [3.63, 3.8) is 0 Å². The molecular weight excluding hydrogens is 352 g/mol. The van der Waals surface area contributed by atoms with Gasteiger partial charge in [0.15, 0.2) is 0 Å². The maximum absolute atomic E-state index is 2.32. The number of hydrogen-bond acceptors (Lipinski definition) is 2. The van der Waals surface area contributed by atoms with E-state index in [4.69, 9.17) is 0 Å². The standard InChI is InChI=1S/C24H16S2/c1-3-7-21-13(5-1)19-11-17-15(23(19)25-21)9-10-16-18(17)12-20-14-6-2-4-8-22(14)26-24(16)20/h1-8H,9-12H2. The highest BCUT2D eigenvalue weighted by Gasteiger charge is 2.36.